The van der Waals surface area contributed by atoms with E-state index in [2.05, 4.69) is 21.2 Å². The first-order valence-corrected chi connectivity index (χ1v) is 7.27. The van der Waals surface area contributed by atoms with Gasteiger partial charge in [0.2, 0.25) is 0 Å². The molecule has 0 radical (unpaired) electrons. The lowest BCUT2D eigenvalue weighted by molar-refractivity contribution is 0.414. The predicted octanol–water partition coefficient (Wildman–Crippen LogP) is 4.81. The highest BCUT2D eigenvalue weighted by Gasteiger charge is 2.02. The first-order valence-electron chi connectivity index (χ1n) is 5.94. The summed E-state index contributed by atoms with van der Waals surface area (Å²) in [7, 11) is 1.67. The minimum atomic E-state index is 0.543. The average molecular weight is 341 g/mol. The Balaban J connectivity index is 2.05. The summed E-state index contributed by atoms with van der Waals surface area (Å²) in [4.78, 5) is 0. The van der Waals surface area contributed by atoms with E-state index in [0.29, 0.717) is 5.88 Å². The normalized spacial score (nSPS) is 10.3. The van der Waals surface area contributed by atoms with E-state index in [-0.39, 0.29) is 0 Å². The minimum absolute atomic E-state index is 0.543. The number of anilines is 1. The van der Waals surface area contributed by atoms with Crippen LogP contribution in [0.5, 0.6) is 5.75 Å². The molecule has 0 amide bonds. The van der Waals surface area contributed by atoms with Gasteiger partial charge in [-0.25, -0.2) is 0 Å². The van der Waals surface area contributed by atoms with Gasteiger partial charge in [0.05, 0.1) is 7.11 Å². The van der Waals surface area contributed by atoms with E-state index >= 15 is 0 Å². The number of hydrogen-bond donors (Lipinski definition) is 1. The molecule has 0 fully saturated rings. The van der Waals surface area contributed by atoms with Crippen molar-refractivity contribution in [3.63, 3.8) is 0 Å². The Bertz CT molecular complexity index is 542. The van der Waals surface area contributed by atoms with Gasteiger partial charge in [0.1, 0.15) is 5.75 Å². The zero-order chi connectivity index (χ0) is 13.7. The van der Waals surface area contributed by atoms with E-state index in [4.69, 9.17) is 16.3 Å². The largest absolute Gasteiger partial charge is 0.497 e. The summed E-state index contributed by atoms with van der Waals surface area (Å²) in [5.41, 5.74) is 3.35. The number of halogens is 2. The second-order valence-corrected chi connectivity index (χ2v) is 5.26. The maximum absolute atomic E-state index is 5.77. The van der Waals surface area contributed by atoms with E-state index in [1.807, 2.05) is 42.5 Å². The molecule has 2 aromatic carbocycles. The molecule has 0 atom stereocenters. The lowest BCUT2D eigenvalue weighted by Crippen LogP contribution is -2.00. The highest BCUT2D eigenvalue weighted by atomic mass is 79.9. The van der Waals surface area contributed by atoms with Crippen molar-refractivity contribution in [2.45, 2.75) is 12.4 Å². The van der Waals surface area contributed by atoms with Gasteiger partial charge < -0.3 is 10.1 Å². The molecular formula is C15H15BrClNO. The van der Waals surface area contributed by atoms with Crippen molar-refractivity contribution in [3.8, 4) is 5.75 Å². The monoisotopic (exact) mass is 339 g/mol. The molecule has 4 heteroatoms. The van der Waals surface area contributed by atoms with Crippen molar-refractivity contribution in [2.24, 2.45) is 0 Å². The number of hydrogen-bond acceptors (Lipinski definition) is 2. The molecule has 0 saturated carbocycles. The van der Waals surface area contributed by atoms with Gasteiger partial charge in [0.15, 0.2) is 0 Å². The zero-order valence-electron chi connectivity index (χ0n) is 10.6. The molecule has 0 spiro atoms. The second-order valence-electron chi connectivity index (χ2n) is 4.14. The molecule has 0 heterocycles. The van der Waals surface area contributed by atoms with Crippen LogP contribution in [0.15, 0.2) is 46.9 Å². The molecule has 100 valence electrons. The lowest BCUT2D eigenvalue weighted by atomic mass is 10.2. The van der Waals surface area contributed by atoms with E-state index in [1.54, 1.807) is 7.11 Å². The summed E-state index contributed by atoms with van der Waals surface area (Å²) in [5, 5.41) is 3.38. The van der Waals surface area contributed by atoms with E-state index in [1.165, 1.54) is 0 Å². The molecule has 0 aliphatic heterocycles. The number of ether oxygens (including phenoxy) is 1. The smallest absolute Gasteiger partial charge is 0.119 e. The molecule has 0 bridgehead atoms. The van der Waals surface area contributed by atoms with Crippen LogP contribution >= 0.6 is 27.5 Å². The Morgan fingerprint density at radius 1 is 1.16 bits per heavy atom. The van der Waals surface area contributed by atoms with Crippen LogP contribution < -0.4 is 10.1 Å². The Labute approximate surface area is 126 Å². The molecule has 2 nitrogen and oxygen atoms in total. The van der Waals surface area contributed by atoms with Crippen molar-refractivity contribution < 1.29 is 4.74 Å². The van der Waals surface area contributed by atoms with Crippen LogP contribution in [0.4, 0.5) is 5.69 Å². The summed E-state index contributed by atoms with van der Waals surface area (Å²) < 4.78 is 6.30. The summed E-state index contributed by atoms with van der Waals surface area (Å²) in [6, 6.07) is 14.1. The number of nitrogens with one attached hydrogen (secondary N) is 1. The predicted molar refractivity (Wildman–Crippen MR) is 84.0 cm³/mol. The molecule has 0 saturated heterocycles. The average Bonchev–Trinajstić information content (AvgIpc) is 2.47. The number of rotatable bonds is 5. The molecule has 1 N–H and O–H groups in total. The molecule has 0 aromatic heterocycles. The number of alkyl halides is 1. The van der Waals surface area contributed by atoms with Crippen molar-refractivity contribution in [3.05, 3.63) is 58.1 Å². The molecule has 2 aromatic rings. The van der Waals surface area contributed by atoms with E-state index in [9.17, 15) is 0 Å². The van der Waals surface area contributed by atoms with Crippen LogP contribution in [-0.4, -0.2) is 7.11 Å². The van der Waals surface area contributed by atoms with Crippen LogP contribution in [0.1, 0.15) is 11.1 Å². The summed E-state index contributed by atoms with van der Waals surface area (Å²) >= 11 is 9.31. The molecule has 0 unspecified atom stereocenters. The minimum Gasteiger partial charge on any atom is -0.497 e. The maximum Gasteiger partial charge on any atom is 0.119 e. The van der Waals surface area contributed by atoms with E-state index < -0.39 is 0 Å². The topological polar surface area (TPSA) is 21.3 Å². The number of benzene rings is 2. The fourth-order valence-electron chi connectivity index (χ4n) is 1.72. The van der Waals surface area contributed by atoms with Crippen molar-refractivity contribution in [1.29, 1.82) is 0 Å². The van der Waals surface area contributed by atoms with Crippen molar-refractivity contribution in [1.82, 2.24) is 0 Å². The van der Waals surface area contributed by atoms with Gasteiger partial charge >= 0.3 is 0 Å². The van der Waals surface area contributed by atoms with Gasteiger partial charge in [0, 0.05) is 22.6 Å². The van der Waals surface area contributed by atoms with Gasteiger partial charge in [-0.3, -0.25) is 0 Å². The van der Waals surface area contributed by atoms with Gasteiger partial charge in [0.25, 0.3) is 0 Å². The molecule has 19 heavy (non-hydrogen) atoms. The van der Waals surface area contributed by atoms with Gasteiger partial charge in [-0.05, 0) is 41.5 Å². The second kappa shape index (κ2) is 6.83. The third kappa shape index (κ3) is 3.88. The van der Waals surface area contributed by atoms with Crippen molar-refractivity contribution in [2.75, 3.05) is 12.4 Å². The van der Waals surface area contributed by atoms with Crippen LogP contribution in [0, 0.1) is 0 Å². The van der Waals surface area contributed by atoms with Gasteiger partial charge in [-0.15, -0.1) is 11.6 Å². The van der Waals surface area contributed by atoms with Crippen LogP contribution in [0.25, 0.3) is 0 Å². The SMILES string of the molecule is COc1ccc(Br)c(CNc2ccc(CCl)cc2)c1. The van der Waals surface area contributed by atoms with Gasteiger partial charge in [-0.1, -0.05) is 28.1 Å². The molecule has 2 rings (SSSR count). The zero-order valence-corrected chi connectivity index (χ0v) is 13.0. The standard InChI is InChI=1S/C15H15BrClNO/c1-19-14-6-7-15(16)12(8-14)10-18-13-4-2-11(9-17)3-5-13/h2-8,18H,9-10H2,1H3. The van der Waals surface area contributed by atoms with Crippen LogP contribution in [0.3, 0.4) is 0 Å². The van der Waals surface area contributed by atoms with E-state index in [0.717, 1.165) is 33.6 Å². The highest BCUT2D eigenvalue weighted by Crippen LogP contribution is 2.23. The third-order valence-corrected chi connectivity index (χ3v) is 3.93. The van der Waals surface area contributed by atoms with Crippen LogP contribution in [-0.2, 0) is 12.4 Å². The van der Waals surface area contributed by atoms with Gasteiger partial charge in [-0.2, -0.15) is 0 Å². The fraction of sp³-hybridized carbons (Fsp3) is 0.200. The third-order valence-electron chi connectivity index (χ3n) is 2.84. The lowest BCUT2D eigenvalue weighted by Gasteiger charge is -2.10. The molecule has 0 aliphatic carbocycles. The molecular weight excluding hydrogens is 326 g/mol. The Hall–Kier alpha value is -1.19. The summed E-state index contributed by atoms with van der Waals surface area (Å²) in [6.45, 7) is 0.734. The Morgan fingerprint density at radius 3 is 2.53 bits per heavy atom. The quantitative estimate of drug-likeness (QED) is 0.789. The summed E-state index contributed by atoms with van der Waals surface area (Å²) in [6.07, 6.45) is 0. The highest BCUT2D eigenvalue weighted by molar-refractivity contribution is 9.10. The first-order chi connectivity index (χ1) is 9.22. The molecule has 0 aliphatic rings. The Kier molecular flexibility index (Phi) is 5.11. The summed E-state index contributed by atoms with van der Waals surface area (Å²) in [5.74, 6) is 1.40. The number of methoxy groups -OCH3 is 1. The van der Waals surface area contributed by atoms with Crippen LogP contribution in [0.2, 0.25) is 0 Å². The Morgan fingerprint density at radius 2 is 1.89 bits per heavy atom. The maximum atomic E-state index is 5.77. The van der Waals surface area contributed by atoms with Crippen molar-refractivity contribution >= 4 is 33.2 Å². The first kappa shape index (κ1) is 14.2. The fourth-order valence-corrected chi connectivity index (χ4v) is 2.29.